The van der Waals surface area contributed by atoms with Crippen molar-refractivity contribution in [3.8, 4) is 0 Å². The molecular weight excluding hydrogens is 192 g/mol. The van der Waals surface area contributed by atoms with Crippen LogP contribution in [0.15, 0.2) is 6.20 Å². The smallest absolute Gasteiger partial charge is 0.224 e. The van der Waals surface area contributed by atoms with E-state index in [9.17, 15) is 0 Å². The van der Waals surface area contributed by atoms with Crippen molar-refractivity contribution in [1.82, 2.24) is 20.2 Å². The lowest BCUT2D eigenvalue weighted by Gasteiger charge is -2.12. The zero-order chi connectivity index (χ0) is 10.8. The summed E-state index contributed by atoms with van der Waals surface area (Å²) >= 11 is 0. The summed E-state index contributed by atoms with van der Waals surface area (Å²) in [5, 5.41) is 10.8. The lowest BCUT2D eigenvalue weighted by Crippen LogP contribution is -2.15. The monoisotopic (exact) mass is 206 g/mol. The van der Waals surface area contributed by atoms with E-state index < -0.39 is 0 Å². The van der Waals surface area contributed by atoms with Crippen molar-refractivity contribution in [2.45, 2.75) is 26.3 Å². The molecule has 0 spiro atoms. The van der Waals surface area contributed by atoms with Crippen LogP contribution in [0.25, 0.3) is 11.0 Å². The van der Waals surface area contributed by atoms with E-state index in [1.54, 1.807) is 6.20 Å². The van der Waals surface area contributed by atoms with Crippen LogP contribution in [0.5, 0.6) is 0 Å². The summed E-state index contributed by atoms with van der Waals surface area (Å²) in [6.45, 7) is 4.19. The molecule has 0 radical (unpaired) electrons. The molecule has 6 nitrogen and oxygen atoms in total. The molecule has 2 rings (SSSR count). The van der Waals surface area contributed by atoms with Gasteiger partial charge in [0.15, 0.2) is 5.65 Å². The molecule has 0 amide bonds. The van der Waals surface area contributed by atoms with Crippen LogP contribution in [0.2, 0.25) is 0 Å². The lowest BCUT2D eigenvalue weighted by atomic mass is 10.2. The first kappa shape index (κ1) is 9.70. The molecule has 0 fully saturated rings. The summed E-state index contributed by atoms with van der Waals surface area (Å²) in [5.74, 6) is 0.984. The summed E-state index contributed by atoms with van der Waals surface area (Å²) < 4.78 is 0. The number of nitrogens with one attached hydrogen (secondary N) is 2. The van der Waals surface area contributed by atoms with Crippen LogP contribution in [0.3, 0.4) is 0 Å². The van der Waals surface area contributed by atoms with Crippen molar-refractivity contribution >= 4 is 22.8 Å². The van der Waals surface area contributed by atoms with Crippen LogP contribution in [-0.2, 0) is 0 Å². The molecule has 15 heavy (non-hydrogen) atoms. The van der Waals surface area contributed by atoms with E-state index in [0.717, 1.165) is 17.6 Å². The maximum atomic E-state index is 5.59. The highest BCUT2D eigenvalue weighted by Crippen LogP contribution is 2.19. The third-order valence-electron chi connectivity index (χ3n) is 2.32. The maximum absolute atomic E-state index is 5.59. The first-order valence-electron chi connectivity index (χ1n) is 4.93. The average molecular weight is 206 g/mol. The Labute approximate surface area is 87.3 Å². The fourth-order valence-corrected chi connectivity index (χ4v) is 1.30. The van der Waals surface area contributed by atoms with Crippen LogP contribution in [0, 0.1) is 0 Å². The minimum atomic E-state index is 0.248. The summed E-state index contributed by atoms with van der Waals surface area (Å²) in [5.41, 5.74) is 6.25. The number of H-pyrrole nitrogens is 1. The third kappa shape index (κ3) is 1.83. The zero-order valence-corrected chi connectivity index (χ0v) is 8.78. The average Bonchev–Trinajstić information content (AvgIpc) is 2.65. The van der Waals surface area contributed by atoms with Crippen molar-refractivity contribution in [1.29, 1.82) is 0 Å². The fraction of sp³-hybridized carbons (Fsp3) is 0.444. The molecular formula is C9H14N6. The summed E-state index contributed by atoms with van der Waals surface area (Å²) in [4.78, 5) is 8.20. The van der Waals surface area contributed by atoms with Crippen LogP contribution >= 0.6 is 0 Å². The van der Waals surface area contributed by atoms with Crippen LogP contribution < -0.4 is 11.1 Å². The number of nitrogens with two attached hydrogens (primary N) is 1. The Morgan fingerprint density at radius 2 is 2.33 bits per heavy atom. The van der Waals surface area contributed by atoms with Gasteiger partial charge in [0, 0.05) is 6.04 Å². The first-order valence-corrected chi connectivity index (χ1v) is 4.93. The Bertz CT molecular complexity index is 463. The predicted molar refractivity (Wildman–Crippen MR) is 59.5 cm³/mol. The largest absolute Gasteiger partial charge is 0.368 e. The second-order valence-electron chi connectivity index (χ2n) is 3.52. The molecule has 0 saturated heterocycles. The van der Waals surface area contributed by atoms with Gasteiger partial charge < -0.3 is 11.1 Å². The quantitative estimate of drug-likeness (QED) is 0.700. The topological polar surface area (TPSA) is 92.5 Å². The molecule has 2 aromatic heterocycles. The highest BCUT2D eigenvalue weighted by atomic mass is 15.2. The van der Waals surface area contributed by atoms with E-state index in [1.807, 2.05) is 0 Å². The van der Waals surface area contributed by atoms with E-state index in [0.29, 0.717) is 11.7 Å². The molecule has 0 aromatic carbocycles. The molecule has 0 aliphatic heterocycles. The number of anilines is 2. The summed E-state index contributed by atoms with van der Waals surface area (Å²) in [7, 11) is 0. The number of nitrogens with zero attached hydrogens (tertiary/aromatic N) is 3. The minimum absolute atomic E-state index is 0.248. The van der Waals surface area contributed by atoms with E-state index in [1.165, 1.54) is 0 Å². The molecule has 0 saturated carbocycles. The molecule has 4 N–H and O–H groups in total. The van der Waals surface area contributed by atoms with Crippen molar-refractivity contribution in [3.63, 3.8) is 0 Å². The Hall–Kier alpha value is -1.85. The Balaban J connectivity index is 2.44. The highest BCUT2D eigenvalue weighted by molar-refractivity contribution is 5.86. The molecule has 2 heterocycles. The Morgan fingerprint density at radius 3 is 3.07 bits per heavy atom. The van der Waals surface area contributed by atoms with Gasteiger partial charge in [-0.15, -0.1) is 0 Å². The minimum Gasteiger partial charge on any atom is -0.368 e. The van der Waals surface area contributed by atoms with Gasteiger partial charge in [-0.05, 0) is 13.3 Å². The van der Waals surface area contributed by atoms with Gasteiger partial charge in [-0.2, -0.15) is 15.1 Å². The molecule has 2 aromatic rings. The molecule has 80 valence electrons. The van der Waals surface area contributed by atoms with Gasteiger partial charge in [0.05, 0.1) is 11.6 Å². The normalized spacial score (nSPS) is 12.9. The van der Waals surface area contributed by atoms with Gasteiger partial charge in [-0.3, -0.25) is 5.10 Å². The standard InChI is InChI=1S/C9H14N6/c1-3-5(2)12-7-6-4-11-15-8(6)14-9(10)13-7/h4-5H,3H2,1-2H3,(H4,10,11,12,13,14,15). The SMILES string of the molecule is CCC(C)Nc1nc(N)nc2[nH]ncc12. The van der Waals surface area contributed by atoms with Crippen molar-refractivity contribution in [2.24, 2.45) is 0 Å². The molecule has 0 aliphatic carbocycles. The van der Waals surface area contributed by atoms with Crippen LogP contribution in [-0.4, -0.2) is 26.2 Å². The zero-order valence-electron chi connectivity index (χ0n) is 8.78. The van der Waals surface area contributed by atoms with Gasteiger partial charge in [0.2, 0.25) is 5.95 Å². The summed E-state index contributed by atoms with van der Waals surface area (Å²) in [6.07, 6.45) is 2.71. The summed E-state index contributed by atoms with van der Waals surface area (Å²) in [6, 6.07) is 0.345. The van der Waals surface area contributed by atoms with Gasteiger partial charge in [-0.25, -0.2) is 0 Å². The second-order valence-corrected chi connectivity index (χ2v) is 3.52. The van der Waals surface area contributed by atoms with Gasteiger partial charge >= 0.3 is 0 Å². The fourth-order valence-electron chi connectivity index (χ4n) is 1.30. The van der Waals surface area contributed by atoms with Crippen molar-refractivity contribution in [2.75, 3.05) is 11.1 Å². The number of aromatic nitrogens is 4. The molecule has 0 bridgehead atoms. The third-order valence-corrected chi connectivity index (χ3v) is 2.32. The van der Waals surface area contributed by atoms with Gasteiger partial charge in [0.1, 0.15) is 5.82 Å². The van der Waals surface area contributed by atoms with Crippen LogP contribution in [0.1, 0.15) is 20.3 Å². The van der Waals surface area contributed by atoms with E-state index in [4.69, 9.17) is 5.73 Å². The Kier molecular flexibility index (Phi) is 2.40. The number of hydrogen-bond acceptors (Lipinski definition) is 5. The predicted octanol–water partition coefficient (Wildman–Crippen LogP) is 1.15. The highest BCUT2D eigenvalue weighted by Gasteiger charge is 2.09. The Morgan fingerprint density at radius 1 is 1.53 bits per heavy atom. The van der Waals surface area contributed by atoms with Gasteiger partial charge in [-0.1, -0.05) is 6.92 Å². The van der Waals surface area contributed by atoms with Crippen molar-refractivity contribution in [3.05, 3.63) is 6.20 Å². The van der Waals surface area contributed by atoms with E-state index >= 15 is 0 Å². The number of aromatic amines is 1. The lowest BCUT2D eigenvalue weighted by molar-refractivity contribution is 0.760. The number of hydrogen-bond donors (Lipinski definition) is 3. The number of nitrogen functional groups attached to an aromatic ring is 1. The second kappa shape index (κ2) is 3.72. The molecule has 1 atom stereocenters. The van der Waals surface area contributed by atoms with Crippen LogP contribution in [0.4, 0.5) is 11.8 Å². The molecule has 0 aliphatic rings. The van der Waals surface area contributed by atoms with Gasteiger partial charge in [0.25, 0.3) is 0 Å². The first-order chi connectivity index (χ1) is 7.20. The molecule has 1 unspecified atom stereocenters. The van der Waals surface area contributed by atoms with E-state index in [-0.39, 0.29) is 5.95 Å². The molecule has 6 heteroatoms. The van der Waals surface area contributed by atoms with Crippen molar-refractivity contribution < 1.29 is 0 Å². The number of fused-ring (bicyclic) bond motifs is 1. The maximum Gasteiger partial charge on any atom is 0.224 e. The number of rotatable bonds is 3. The van der Waals surface area contributed by atoms with E-state index in [2.05, 4.69) is 39.3 Å².